The van der Waals surface area contributed by atoms with Crippen molar-refractivity contribution in [1.82, 2.24) is 10.2 Å². The molecule has 144 valence electrons. The predicted octanol–water partition coefficient (Wildman–Crippen LogP) is 3.20. The maximum absolute atomic E-state index is 13.3. The lowest BCUT2D eigenvalue weighted by molar-refractivity contribution is 0.0622. The molecule has 0 saturated carbocycles. The van der Waals surface area contributed by atoms with Crippen molar-refractivity contribution >= 4 is 38.7 Å². The lowest BCUT2D eigenvalue weighted by Gasteiger charge is -2.44. The van der Waals surface area contributed by atoms with Crippen molar-refractivity contribution in [2.45, 2.75) is 28.0 Å². The number of benzene rings is 1. The number of rotatable bonds is 4. The summed E-state index contributed by atoms with van der Waals surface area (Å²) in [5, 5.41) is 2.80. The summed E-state index contributed by atoms with van der Waals surface area (Å²) in [6.07, 6.45) is 2.17. The van der Waals surface area contributed by atoms with Crippen LogP contribution in [0.5, 0.6) is 0 Å². The van der Waals surface area contributed by atoms with Crippen LogP contribution >= 0.6 is 22.9 Å². The molecule has 4 heterocycles. The Kier molecular flexibility index (Phi) is 5.00. The van der Waals surface area contributed by atoms with Gasteiger partial charge in [-0.05, 0) is 62.2 Å². The monoisotopic (exact) mass is 428 g/mol. The van der Waals surface area contributed by atoms with Crippen LogP contribution in [0.3, 0.4) is 0 Å². The second kappa shape index (κ2) is 7.16. The van der Waals surface area contributed by atoms with E-state index in [-0.39, 0.29) is 26.1 Å². The van der Waals surface area contributed by atoms with E-state index in [1.165, 1.54) is 18.2 Å². The second-order valence-electron chi connectivity index (χ2n) is 6.92. The van der Waals surface area contributed by atoms with Gasteiger partial charge in [-0.25, -0.2) is 12.8 Å². The highest BCUT2D eigenvalue weighted by Crippen LogP contribution is 2.31. The zero-order chi connectivity index (χ0) is 19.2. The van der Waals surface area contributed by atoms with Gasteiger partial charge in [0.25, 0.3) is 5.91 Å². The molecule has 0 aliphatic carbocycles. The normalized spacial score (nSPS) is 24.7. The largest absolute Gasteiger partial charge is 0.347 e. The molecule has 9 heteroatoms. The molecule has 1 aromatic heterocycles. The SMILES string of the molecule is O=C(N[C@H]1CN2CCC1CC2)c1ccc(S(=O)(=O)c2ccc(F)c(Cl)c2)s1. The van der Waals surface area contributed by atoms with Crippen LogP contribution in [0.4, 0.5) is 4.39 Å². The molecule has 27 heavy (non-hydrogen) atoms. The van der Waals surface area contributed by atoms with Gasteiger partial charge in [-0.1, -0.05) is 11.6 Å². The van der Waals surface area contributed by atoms with Crippen molar-refractivity contribution in [3.8, 4) is 0 Å². The number of amides is 1. The van der Waals surface area contributed by atoms with E-state index in [2.05, 4.69) is 10.2 Å². The molecule has 0 radical (unpaired) electrons. The molecule has 5 nitrogen and oxygen atoms in total. The highest BCUT2D eigenvalue weighted by atomic mass is 35.5. The fourth-order valence-electron chi connectivity index (χ4n) is 3.71. The van der Waals surface area contributed by atoms with Gasteiger partial charge in [-0.15, -0.1) is 11.3 Å². The Hall–Kier alpha value is -1.48. The van der Waals surface area contributed by atoms with Crippen LogP contribution in [-0.2, 0) is 9.84 Å². The van der Waals surface area contributed by atoms with E-state index >= 15 is 0 Å². The van der Waals surface area contributed by atoms with E-state index in [4.69, 9.17) is 11.6 Å². The first kappa shape index (κ1) is 18.9. The molecule has 0 unspecified atom stereocenters. The van der Waals surface area contributed by atoms with Crippen LogP contribution in [0.25, 0.3) is 0 Å². The van der Waals surface area contributed by atoms with Crippen molar-refractivity contribution in [2.24, 2.45) is 5.92 Å². The quantitative estimate of drug-likeness (QED) is 0.759. The van der Waals surface area contributed by atoms with Crippen molar-refractivity contribution in [3.63, 3.8) is 0 Å². The van der Waals surface area contributed by atoms with Gasteiger partial charge in [0.05, 0.1) is 14.8 Å². The minimum absolute atomic E-state index is 0.0317. The van der Waals surface area contributed by atoms with Crippen LogP contribution in [0.15, 0.2) is 39.4 Å². The summed E-state index contributed by atoms with van der Waals surface area (Å²) in [5.41, 5.74) is 0. The lowest BCUT2D eigenvalue weighted by atomic mass is 9.84. The van der Waals surface area contributed by atoms with Gasteiger partial charge >= 0.3 is 0 Å². The van der Waals surface area contributed by atoms with Gasteiger partial charge in [0.15, 0.2) is 0 Å². The number of thiophene rings is 1. The zero-order valence-corrected chi connectivity index (χ0v) is 16.7. The average Bonchev–Trinajstić information content (AvgIpc) is 3.16. The zero-order valence-electron chi connectivity index (χ0n) is 14.3. The molecule has 3 saturated heterocycles. The topological polar surface area (TPSA) is 66.5 Å². The van der Waals surface area contributed by atoms with Crippen LogP contribution in [-0.4, -0.2) is 44.9 Å². The maximum atomic E-state index is 13.3. The first-order valence-corrected chi connectivity index (χ1v) is 11.4. The third-order valence-corrected chi connectivity index (χ3v) is 8.86. The summed E-state index contributed by atoms with van der Waals surface area (Å²) < 4.78 is 38.8. The minimum Gasteiger partial charge on any atom is -0.347 e. The number of fused-ring (bicyclic) bond motifs is 3. The van der Waals surface area contributed by atoms with Gasteiger partial charge in [-0.3, -0.25) is 4.79 Å². The molecular formula is C18H18ClFN2O3S2. The number of carbonyl (C=O) groups excluding carboxylic acids is 1. The fraction of sp³-hybridized carbons (Fsp3) is 0.389. The van der Waals surface area contributed by atoms with Crippen molar-refractivity contribution in [2.75, 3.05) is 19.6 Å². The van der Waals surface area contributed by atoms with Gasteiger partial charge in [0.1, 0.15) is 10.0 Å². The molecule has 2 bridgehead atoms. The average molecular weight is 429 g/mol. The molecule has 3 fully saturated rings. The number of halogens is 2. The Morgan fingerprint density at radius 3 is 2.59 bits per heavy atom. The molecular weight excluding hydrogens is 411 g/mol. The van der Waals surface area contributed by atoms with E-state index in [9.17, 15) is 17.6 Å². The smallest absolute Gasteiger partial charge is 0.261 e. The summed E-state index contributed by atoms with van der Waals surface area (Å²) in [7, 11) is -3.85. The molecule has 3 aliphatic heterocycles. The van der Waals surface area contributed by atoms with Crippen LogP contribution in [0, 0.1) is 11.7 Å². The van der Waals surface area contributed by atoms with Gasteiger partial charge in [-0.2, -0.15) is 0 Å². The number of hydrogen-bond donors (Lipinski definition) is 1. The second-order valence-corrected chi connectivity index (χ2v) is 10.6. The summed E-state index contributed by atoms with van der Waals surface area (Å²) in [6.45, 7) is 3.01. The van der Waals surface area contributed by atoms with Crippen LogP contribution in [0.2, 0.25) is 5.02 Å². The number of nitrogens with zero attached hydrogens (tertiary/aromatic N) is 1. The van der Waals surface area contributed by atoms with E-state index in [0.29, 0.717) is 10.8 Å². The molecule has 1 amide bonds. The predicted molar refractivity (Wildman–Crippen MR) is 102 cm³/mol. The maximum Gasteiger partial charge on any atom is 0.261 e. The fourth-order valence-corrected chi connectivity index (χ4v) is 6.60. The molecule has 5 rings (SSSR count). The van der Waals surface area contributed by atoms with Crippen molar-refractivity contribution in [3.05, 3.63) is 46.0 Å². The first-order valence-electron chi connectivity index (χ1n) is 8.68. The summed E-state index contributed by atoms with van der Waals surface area (Å²) >= 11 is 6.61. The highest BCUT2D eigenvalue weighted by Gasteiger charge is 2.35. The van der Waals surface area contributed by atoms with E-state index < -0.39 is 15.7 Å². The van der Waals surface area contributed by atoms with Crippen LogP contribution in [0.1, 0.15) is 22.5 Å². The van der Waals surface area contributed by atoms with Crippen LogP contribution < -0.4 is 5.32 Å². The molecule has 1 aromatic carbocycles. The molecule has 3 aliphatic rings. The van der Waals surface area contributed by atoms with Gasteiger partial charge in [0.2, 0.25) is 9.84 Å². The third-order valence-electron chi connectivity index (χ3n) is 5.24. The number of piperidine rings is 3. The Morgan fingerprint density at radius 2 is 1.96 bits per heavy atom. The van der Waals surface area contributed by atoms with Gasteiger partial charge in [0, 0.05) is 12.6 Å². The molecule has 0 spiro atoms. The number of carbonyl (C=O) groups is 1. The number of hydrogen-bond acceptors (Lipinski definition) is 5. The molecule has 1 atom stereocenters. The standard InChI is InChI=1S/C18H18ClFN2O3S2/c19-13-9-12(1-2-14(13)20)27(24,25)17-4-3-16(26-17)18(23)21-15-10-22-7-5-11(15)6-8-22/h1-4,9,11,15H,5-8,10H2,(H,21,23)/t15-/m0/s1. The molecule has 2 aromatic rings. The Labute approximate surface area is 166 Å². The van der Waals surface area contributed by atoms with E-state index in [0.717, 1.165) is 55.9 Å². The summed E-state index contributed by atoms with van der Waals surface area (Å²) in [4.78, 5) is 15.2. The van der Waals surface area contributed by atoms with Crippen molar-refractivity contribution < 1.29 is 17.6 Å². The summed E-state index contributed by atoms with van der Waals surface area (Å²) in [5.74, 6) is -0.444. The van der Waals surface area contributed by atoms with Crippen molar-refractivity contribution in [1.29, 1.82) is 0 Å². The number of nitrogens with one attached hydrogen (secondary N) is 1. The Morgan fingerprint density at radius 1 is 1.22 bits per heavy atom. The Balaban J connectivity index is 1.52. The Bertz CT molecular complexity index is 984. The minimum atomic E-state index is -3.85. The van der Waals surface area contributed by atoms with E-state index in [1.807, 2.05) is 0 Å². The highest BCUT2D eigenvalue weighted by molar-refractivity contribution is 7.93. The summed E-state index contributed by atoms with van der Waals surface area (Å²) in [6, 6.07) is 6.30. The number of sulfone groups is 1. The first-order chi connectivity index (χ1) is 12.8. The lowest BCUT2D eigenvalue weighted by Crippen LogP contribution is -2.57. The third kappa shape index (κ3) is 3.63. The van der Waals surface area contributed by atoms with E-state index in [1.54, 1.807) is 0 Å². The molecule has 1 N–H and O–H groups in total. The van der Waals surface area contributed by atoms with Gasteiger partial charge < -0.3 is 10.2 Å².